The van der Waals surface area contributed by atoms with Crippen LogP contribution in [-0.2, 0) is 0 Å². The molecule has 1 rings (SSSR count). The van der Waals surface area contributed by atoms with Crippen molar-refractivity contribution in [3.8, 4) is 0 Å². The van der Waals surface area contributed by atoms with Crippen molar-refractivity contribution >= 4 is 33.2 Å². The molecule has 0 fully saturated rings. The number of nitrogens with one attached hydrogen (secondary N) is 1. The van der Waals surface area contributed by atoms with Gasteiger partial charge in [0.25, 0.3) is 5.91 Å². The Labute approximate surface area is 110 Å². The SMILES string of the molecule is Cc1cscc1C(=O)NCCCCCCBr. The molecule has 0 saturated carbocycles. The molecule has 0 aliphatic carbocycles. The van der Waals surface area contributed by atoms with Gasteiger partial charge in [0.05, 0.1) is 5.56 Å². The van der Waals surface area contributed by atoms with E-state index in [0.717, 1.165) is 29.4 Å². The molecule has 0 bridgehead atoms. The van der Waals surface area contributed by atoms with Gasteiger partial charge in [-0.15, -0.1) is 0 Å². The maximum atomic E-state index is 11.7. The van der Waals surface area contributed by atoms with Crippen LogP contribution in [-0.4, -0.2) is 17.8 Å². The van der Waals surface area contributed by atoms with Crippen LogP contribution in [0.2, 0.25) is 0 Å². The molecule has 16 heavy (non-hydrogen) atoms. The number of halogens is 1. The first kappa shape index (κ1) is 13.7. The van der Waals surface area contributed by atoms with E-state index in [1.807, 2.05) is 17.7 Å². The summed E-state index contributed by atoms with van der Waals surface area (Å²) in [6.07, 6.45) is 4.71. The highest BCUT2D eigenvalue weighted by Crippen LogP contribution is 2.13. The molecule has 2 nitrogen and oxygen atoms in total. The zero-order chi connectivity index (χ0) is 11.8. The number of hydrogen-bond acceptors (Lipinski definition) is 2. The second-order valence-corrected chi connectivity index (χ2v) is 5.36. The summed E-state index contributed by atoms with van der Waals surface area (Å²) in [6, 6.07) is 0. The number of hydrogen-bond donors (Lipinski definition) is 1. The molecule has 0 saturated heterocycles. The van der Waals surface area contributed by atoms with E-state index in [1.165, 1.54) is 19.3 Å². The lowest BCUT2D eigenvalue weighted by molar-refractivity contribution is 0.0953. The molecule has 0 radical (unpaired) electrons. The maximum Gasteiger partial charge on any atom is 0.252 e. The van der Waals surface area contributed by atoms with E-state index in [9.17, 15) is 4.79 Å². The first-order chi connectivity index (χ1) is 7.75. The summed E-state index contributed by atoms with van der Waals surface area (Å²) < 4.78 is 0. The van der Waals surface area contributed by atoms with Crippen molar-refractivity contribution in [3.05, 3.63) is 21.9 Å². The largest absolute Gasteiger partial charge is 0.352 e. The highest BCUT2D eigenvalue weighted by molar-refractivity contribution is 9.09. The van der Waals surface area contributed by atoms with Crippen LogP contribution in [0.15, 0.2) is 10.8 Å². The Kier molecular flexibility index (Phi) is 6.73. The molecule has 4 heteroatoms. The highest BCUT2D eigenvalue weighted by atomic mass is 79.9. The third kappa shape index (κ3) is 4.66. The Hall–Kier alpha value is -0.350. The fraction of sp³-hybridized carbons (Fsp3) is 0.583. The topological polar surface area (TPSA) is 29.1 Å². The molecule has 1 aromatic rings. The minimum Gasteiger partial charge on any atom is -0.352 e. The van der Waals surface area contributed by atoms with E-state index in [2.05, 4.69) is 21.2 Å². The molecular weight excluding hydrogens is 286 g/mol. The van der Waals surface area contributed by atoms with Gasteiger partial charge in [0.15, 0.2) is 0 Å². The van der Waals surface area contributed by atoms with Gasteiger partial charge in [0.2, 0.25) is 0 Å². The number of thiophene rings is 1. The molecular formula is C12H18BrNOS. The van der Waals surface area contributed by atoms with Crippen LogP contribution in [0, 0.1) is 6.92 Å². The predicted octanol–water partition coefficient (Wildman–Crippen LogP) is 3.74. The van der Waals surface area contributed by atoms with Gasteiger partial charge in [-0.1, -0.05) is 28.8 Å². The molecule has 1 aromatic heterocycles. The first-order valence-corrected chi connectivity index (χ1v) is 7.69. The van der Waals surface area contributed by atoms with Crippen molar-refractivity contribution in [1.29, 1.82) is 0 Å². The summed E-state index contributed by atoms with van der Waals surface area (Å²) in [5.41, 5.74) is 1.90. The van der Waals surface area contributed by atoms with Crippen LogP contribution in [0.1, 0.15) is 41.6 Å². The van der Waals surface area contributed by atoms with Crippen LogP contribution in [0.3, 0.4) is 0 Å². The summed E-state index contributed by atoms with van der Waals surface area (Å²) in [7, 11) is 0. The van der Waals surface area contributed by atoms with Crippen molar-refractivity contribution in [2.45, 2.75) is 32.6 Å². The molecule has 0 aromatic carbocycles. The van der Waals surface area contributed by atoms with E-state index >= 15 is 0 Å². The lowest BCUT2D eigenvalue weighted by atomic mass is 10.2. The van der Waals surface area contributed by atoms with Gasteiger partial charge in [0, 0.05) is 17.3 Å². The van der Waals surface area contributed by atoms with Gasteiger partial charge >= 0.3 is 0 Å². The van der Waals surface area contributed by atoms with Crippen molar-refractivity contribution in [3.63, 3.8) is 0 Å². The smallest absolute Gasteiger partial charge is 0.252 e. The van der Waals surface area contributed by atoms with Crippen molar-refractivity contribution in [2.75, 3.05) is 11.9 Å². The molecule has 1 heterocycles. The third-order valence-electron chi connectivity index (χ3n) is 2.45. The summed E-state index contributed by atoms with van der Waals surface area (Å²) in [6.45, 7) is 2.76. The van der Waals surface area contributed by atoms with Gasteiger partial charge in [0.1, 0.15) is 0 Å². The number of amides is 1. The number of aryl methyl sites for hydroxylation is 1. The second kappa shape index (κ2) is 7.85. The monoisotopic (exact) mass is 303 g/mol. The zero-order valence-electron chi connectivity index (χ0n) is 9.59. The number of unbranched alkanes of at least 4 members (excludes halogenated alkanes) is 3. The van der Waals surface area contributed by atoms with Crippen LogP contribution < -0.4 is 5.32 Å². The van der Waals surface area contributed by atoms with E-state index in [0.29, 0.717) is 0 Å². The van der Waals surface area contributed by atoms with Crippen LogP contribution >= 0.6 is 27.3 Å². The molecule has 1 amide bonds. The number of alkyl halides is 1. The molecule has 0 aliphatic rings. The molecule has 0 unspecified atom stereocenters. The summed E-state index contributed by atoms with van der Waals surface area (Å²) in [5.74, 6) is 0.0687. The number of carbonyl (C=O) groups excluding carboxylic acids is 1. The molecule has 0 aliphatic heterocycles. The average Bonchev–Trinajstić information content (AvgIpc) is 2.69. The van der Waals surface area contributed by atoms with Gasteiger partial charge in [-0.3, -0.25) is 4.79 Å². The van der Waals surface area contributed by atoms with E-state index in [-0.39, 0.29) is 5.91 Å². The highest BCUT2D eigenvalue weighted by Gasteiger charge is 2.08. The molecule has 90 valence electrons. The Balaban J connectivity index is 2.14. The van der Waals surface area contributed by atoms with Gasteiger partial charge in [-0.05, 0) is 30.7 Å². The van der Waals surface area contributed by atoms with E-state index in [1.54, 1.807) is 11.3 Å². The number of carbonyl (C=O) groups is 1. The number of rotatable bonds is 7. The predicted molar refractivity (Wildman–Crippen MR) is 73.7 cm³/mol. The summed E-state index contributed by atoms with van der Waals surface area (Å²) >= 11 is 4.99. The molecule has 0 spiro atoms. The molecule has 1 N–H and O–H groups in total. The standard InChI is InChI=1S/C12H18BrNOS/c1-10-8-16-9-11(10)12(15)14-7-5-3-2-4-6-13/h8-9H,2-7H2,1H3,(H,14,15). The van der Waals surface area contributed by atoms with Crippen molar-refractivity contribution < 1.29 is 4.79 Å². The lowest BCUT2D eigenvalue weighted by Crippen LogP contribution is -2.24. The summed E-state index contributed by atoms with van der Waals surface area (Å²) in [4.78, 5) is 11.7. The van der Waals surface area contributed by atoms with Crippen molar-refractivity contribution in [1.82, 2.24) is 5.32 Å². The zero-order valence-corrected chi connectivity index (χ0v) is 12.0. The second-order valence-electron chi connectivity index (χ2n) is 3.83. The summed E-state index contributed by atoms with van der Waals surface area (Å²) in [5, 5.41) is 7.95. The van der Waals surface area contributed by atoms with E-state index < -0.39 is 0 Å². The Bertz CT molecular complexity index is 325. The Morgan fingerprint density at radius 1 is 1.31 bits per heavy atom. The minimum atomic E-state index is 0.0687. The average molecular weight is 304 g/mol. The van der Waals surface area contributed by atoms with Crippen molar-refractivity contribution in [2.24, 2.45) is 0 Å². The third-order valence-corrected chi connectivity index (χ3v) is 3.87. The first-order valence-electron chi connectivity index (χ1n) is 5.62. The maximum absolute atomic E-state index is 11.7. The van der Waals surface area contributed by atoms with Gasteiger partial charge in [-0.2, -0.15) is 11.3 Å². The van der Waals surface area contributed by atoms with Crippen LogP contribution in [0.5, 0.6) is 0 Å². The Morgan fingerprint density at radius 2 is 2.06 bits per heavy atom. The Morgan fingerprint density at radius 3 is 2.69 bits per heavy atom. The normalized spacial score (nSPS) is 10.4. The quantitative estimate of drug-likeness (QED) is 0.603. The minimum absolute atomic E-state index is 0.0687. The van der Waals surface area contributed by atoms with E-state index in [4.69, 9.17) is 0 Å². The van der Waals surface area contributed by atoms with Gasteiger partial charge in [-0.25, -0.2) is 0 Å². The fourth-order valence-electron chi connectivity index (χ4n) is 1.46. The fourth-order valence-corrected chi connectivity index (χ4v) is 2.69. The van der Waals surface area contributed by atoms with Gasteiger partial charge < -0.3 is 5.32 Å². The lowest BCUT2D eigenvalue weighted by Gasteiger charge is -2.04. The van der Waals surface area contributed by atoms with Crippen LogP contribution in [0.4, 0.5) is 0 Å². The van der Waals surface area contributed by atoms with Crippen LogP contribution in [0.25, 0.3) is 0 Å². The molecule has 0 atom stereocenters.